The lowest BCUT2D eigenvalue weighted by Gasteiger charge is -2.35. The first-order valence-electron chi connectivity index (χ1n) is 10.3. The van der Waals surface area contributed by atoms with E-state index in [1.807, 2.05) is 47.4 Å². The largest absolute Gasteiger partial charge is 0.454 e. The molecule has 1 saturated heterocycles. The number of nitrogens with zero attached hydrogens (tertiary/aromatic N) is 1. The van der Waals surface area contributed by atoms with Gasteiger partial charge in [0.2, 0.25) is 5.91 Å². The first kappa shape index (κ1) is 20.8. The number of piperidine rings is 1. The zero-order valence-corrected chi connectivity index (χ0v) is 16.9. The lowest BCUT2D eigenvalue weighted by molar-refractivity contribution is -0.153. The Morgan fingerprint density at radius 3 is 2.72 bits per heavy atom. The normalized spacial score (nSPS) is 16.4. The summed E-state index contributed by atoms with van der Waals surface area (Å²) in [6.45, 7) is 2.27. The molecule has 1 heterocycles. The molecule has 1 aliphatic heterocycles. The highest BCUT2D eigenvalue weighted by Gasteiger charge is 2.25. The maximum Gasteiger partial charge on any atom is 0.325 e. The monoisotopic (exact) mass is 396 g/mol. The van der Waals surface area contributed by atoms with Crippen molar-refractivity contribution in [3.63, 3.8) is 0 Å². The lowest BCUT2D eigenvalue weighted by atomic mass is 10.00. The van der Waals surface area contributed by atoms with Gasteiger partial charge in [0.15, 0.2) is 6.61 Å². The lowest BCUT2D eigenvalue weighted by Crippen LogP contribution is -2.45. The van der Waals surface area contributed by atoms with E-state index in [9.17, 15) is 14.4 Å². The molecular formula is C23H28N2O4. The summed E-state index contributed by atoms with van der Waals surface area (Å²) < 4.78 is 5.08. The van der Waals surface area contributed by atoms with E-state index in [1.54, 1.807) is 0 Å². The van der Waals surface area contributed by atoms with Gasteiger partial charge in [-0.05, 0) is 42.0 Å². The molecule has 3 rings (SSSR count). The van der Waals surface area contributed by atoms with E-state index in [4.69, 9.17) is 4.74 Å². The van der Waals surface area contributed by atoms with E-state index in [0.717, 1.165) is 48.6 Å². The Balaban J connectivity index is 1.44. The topological polar surface area (TPSA) is 75.7 Å². The van der Waals surface area contributed by atoms with Crippen LogP contribution in [0.1, 0.15) is 38.2 Å². The Kier molecular flexibility index (Phi) is 7.22. The number of benzene rings is 2. The Bertz CT molecular complexity index is 875. The van der Waals surface area contributed by atoms with Crippen molar-refractivity contribution >= 4 is 28.6 Å². The molecule has 6 nitrogen and oxygen atoms in total. The fourth-order valence-corrected chi connectivity index (χ4v) is 3.88. The Morgan fingerprint density at radius 2 is 1.90 bits per heavy atom. The third kappa shape index (κ3) is 5.56. The van der Waals surface area contributed by atoms with Crippen molar-refractivity contribution in [1.82, 2.24) is 10.2 Å². The first-order chi connectivity index (χ1) is 14.1. The van der Waals surface area contributed by atoms with Crippen molar-refractivity contribution in [2.24, 2.45) is 0 Å². The van der Waals surface area contributed by atoms with Crippen LogP contribution >= 0.6 is 0 Å². The summed E-state index contributed by atoms with van der Waals surface area (Å²) in [5.74, 6) is -1.02. The summed E-state index contributed by atoms with van der Waals surface area (Å²) in [4.78, 5) is 38.3. The van der Waals surface area contributed by atoms with Gasteiger partial charge in [-0.2, -0.15) is 0 Å². The van der Waals surface area contributed by atoms with Crippen molar-refractivity contribution in [3.8, 4) is 0 Å². The van der Waals surface area contributed by atoms with Crippen molar-refractivity contribution in [3.05, 3.63) is 48.0 Å². The summed E-state index contributed by atoms with van der Waals surface area (Å²) >= 11 is 0. The van der Waals surface area contributed by atoms with E-state index < -0.39 is 5.97 Å². The maximum absolute atomic E-state index is 12.3. The van der Waals surface area contributed by atoms with Crippen LogP contribution in [-0.2, 0) is 25.5 Å². The average Bonchev–Trinajstić information content (AvgIpc) is 2.76. The van der Waals surface area contributed by atoms with E-state index >= 15 is 0 Å². The van der Waals surface area contributed by atoms with Crippen LogP contribution in [0.5, 0.6) is 0 Å². The molecule has 0 unspecified atom stereocenters. The van der Waals surface area contributed by atoms with Crippen LogP contribution < -0.4 is 5.32 Å². The van der Waals surface area contributed by atoms with Gasteiger partial charge < -0.3 is 15.0 Å². The molecule has 154 valence electrons. The van der Waals surface area contributed by atoms with E-state index in [0.29, 0.717) is 0 Å². The van der Waals surface area contributed by atoms with Crippen LogP contribution in [0.15, 0.2) is 42.5 Å². The van der Waals surface area contributed by atoms with Crippen LogP contribution in [0.4, 0.5) is 0 Å². The van der Waals surface area contributed by atoms with Gasteiger partial charge in [0.25, 0.3) is 5.91 Å². The number of hydrogen-bond acceptors (Lipinski definition) is 4. The fourth-order valence-electron chi connectivity index (χ4n) is 3.88. The molecule has 29 heavy (non-hydrogen) atoms. The second kappa shape index (κ2) is 10.0. The number of fused-ring (bicyclic) bond motifs is 1. The van der Waals surface area contributed by atoms with Gasteiger partial charge in [0.1, 0.15) is 6.54 Å². The molecule has 2 aromatic rings. The predicted octanol–water partition coefficient (Wildman–Crippen LogP) is 2.83. The highest BCUT2D eigenvalue weighted by molar-refractivity contribution is 5.91. The number of rotatable bonds is 7. The van der Waals surface area contributed by atoms with Gasteiger partial charge in [-0.15, -0.1) is 0 Å². The molecule has 1 aliphatic rings. The van der Waals surface area contributed by atoms with Gasteiger partial charge in [-0.3, -0.25) is 14.4 Å². The zero-order valence-electron chi connectivity index (χ0n) is 16.9. The van der Waals surface area contributed by atoms with Crippen molar-refractivity contribution in [1.29, 1.82) is 0 Å². The minimum atomic E-state index is -0.602. The molecule has 2 amide bonds. The Morgan fingerprint density at radius 1 is 1.10 bits per heavy atom. The van der Waals surface area contributed by atoms with Crippen LogP contribution in [0.2, 0.25) is 0 Å². The highest BCUT2D eigenvalue weighted by Crippen LogP contribution is 2.20. The highest BCUT2D eigenvalue weighted by atomic mass is 16.5. The smallest absolute Gasteiger partial charge is 0.325 e. The number of likely N-dealkylation sites (tertiary alicyclic amines) is 1. The summed E-state index contributed by atoms with van der Waals surface area (Å²) in [6.07, 6.45) is 4.20. The first-order valence-corrected chi connectivity index (χ1v) is 10.3. The summed E-state index contributed by atoms with van der Waals surface area (Å²) in [5, 5.41) is 4.67. The standard InChI is InChI=1S/C23H28N2O4/c1-2-19-11-5-6-13-25(19)22(27)16-29-23(28)15-24-21(26)14-18-10-7-9-17-8-3-4-12-20(17)18/h3-4,7-10,12,19H,2,5-6,11,13-16H2,1H3,(H,24,26)/t19-/m0/s1. The molecular weight excluding hydrogens is 368 g/mol. The van der Waals surface area contributed by atoms with Crippen LogP contribution in [-0.4, -0.2) is 48.4 Å². The molecule has 0 aromatic heterocycles. The number of amides is 2. The number of ether oxygens (including phenoxy) is 1. The predicted molar refractivity (Wildman–Crippen MR) is 111 cm³/mol. The minimum absolute atomic E-state index is 0.160. The van der Waals surface area contributed by atoms with E-state index in [1.165, 1.54) is 0 Å². The zero-order chi connectivity index (χ0) is 20.6. The number of carbonyl (C=O) groups is 3. The van der Waals surface area contributed by atoms with Crippen LogP contribution in [0.25, 0.3) is 10.8 Å². The summed E-state index contributed by atoms with van der Waals surface area (Å²) in [7, 11) is 0. The molecule has 1 N–H and O–H groups in total. The quantitative estimate of drug-likeness (QED) is 0.730. The van der Waals surface area contributed by atoms with Gasteiger partial charge in [-0.25, -0.2) is 0 Å². The van der Waals surface area contributed by atoms with Gasteiger partial charge in [0.05, 0.1) is 6.42 Å². The third-order valence-corrected chi connectivity index (χ3v) is 5.44. The van der Waals surface area contributed by atoms with Crippen LogP contribution in [0, 0.1) is 0 Å². The van der Waals surface area contributed by atoms with Crippen molar-refractivity contribution in [2.45, 2.75) is 45.1 Å². The van der Waals surface area contributed by atoms with Gasteiger partial charge >= 0.3 is 5.97 Å². The Labute approximate surface area is 171 Å². The second-order valence-electron chi connectivity index (χ2n) is 7.40. The molecule has 0 aliphatic carbocycles. The van der Waals surface area contributed by atoms with E-state index in [2.05, 4.69) is 12.2 Å². The molecule has 2 aromatic carbocycles. The third-order valence-electron chi connectivity index (χ3n) is 5.44. The van der Waals surface area contributed by atoms with Crippen LogP contribution in [0.3, 0.4) is 0 Å². The SMILES string of the molecule is CC[C@H]1CCCCN1C(=O)COC(=O)CNC(=O)Cc1cccc2ccccc12. The molecule has 0 radical (unpaired) electrons. The summed E-state index contributed by atoms with van der Waals surface area (Å²) in [6, 6.07) is 13.9. The number of hydrogen-bond donors (Lipinski definition) is 1. The second-order valence-corrected chi connectivity index (χ2v) is 7.40. The molecule has 0 saturated carbocycles. The van der Waals surface area contributed by atoms with Gasteiger partial charge in [-0.1, -0.05) is 49.4 Å². The van der Waals surface area contributed by atoms with E-state index in [-0.39, 0.29) is 37.4 Å². The number of nitrogens with one attached hydrogen (secondary N) is 1. The fraction of sp³-hybridized carbons (Fsp3) is 0.435. The molecule has 6 heteroatoms. The maximum atomic E-state index is 12.3. The minimum Gasteiger partial charge on any atom is -0.454 e. The van der Waals surface area contributed by atoms with Crippen molar-refractivity contribution in [2.75, 3.05) is 19.7 Å². The molecule has 0 bridgehead atoms. The van der Waals surface area contributed by atoms with Crippen molar-refractivity contribution < 1.29 is 19.1 Å². The molecule has 1 atom stereocenters. The molecule has 0 spiro atoms. The average molecular weight is 396 g/mol. The number of carbonyl (C=O) groups excluding carboxylic acids is 3. The summed E-state index contributed by atoms with van der Waals surface area (Å²) in [5.41, 5.74) is 0.903. The van der Waals surface area contributed by atoms with Gasteiger partial charge in [0, 0.05) is 12.6 Å². The Hall–Kier alpha value is -2.89. The number of esters is 1. The molecule has 1 fully saturated rings.